The summed E-state index contributed by atoms with van der Waals surface area (Å²) in [5, 5.41) is 3.18. The number of carbonyl (C=O) groups is 1. The third-order valence-electron chi connectivity index (χ3n) is 5.08. The Hall–Kier alpha value is -3.00. The average molecular weight is 427 g/mol. The molecule has 1 aliphatic heterocycles. The number of aryl methyl sites for hydroxylation is 1. The van der Waals surface area contributed by atoms with Crippen molar-refractivity contribution in [3.63, 3.8) is 0 Å². The van der Waals surface area contributed by atoms with E-state index in [1.165, 1.54) is 11.8 Å². The van der Waals surface area contributed by atoms with Crippen molar-refractivity contribution in [3.8, 4) is 0 Å². The zero-order valence-electron chi connectivity index (χ0n) is 16.4. The van der Waals surface area contributed by atoms with Crippen molar-refractivity contribution in [1.29, 1.82) is 0 Å². The molecule has 0 unspecified atom stereocenters. The first-order valence-electron chi connectivity index (χ1n) is 9.37. The molecule has 0 radical (unpaired) electrons. The van der Waals surface area contributed by atoms with E-state index in [1.54, 1.807) is 11.6 Å². The Kier molecular flexibility index (Phi) is 5.42. The van der Waals surface area contributed by atoms with Crippen LogP contribution in [0, 0.1) is 18.6 Å². The molecule has 0 saturated heterocycles. The topological polar surface area (TPSA) is 64.0 Å². The molecule has 4 rings (SSSR count). The van der Waals surface area contributed by atoms with Crippen LogP contribution < -0.4 is 10.9 Å². The predicted octanol–water partition coefficient (Wildman–Crippen LogP) is 4.13. The van der Waals surface area contributed by atoms with Gasteiger partial charge in [-0.2, -0.15) is 4.98 Å². The number of fused-ring (bicyclic) bond motifs is 1. The molecule has 5 nitrogen and oxygen atoms in total. The molecule has 0 bridgehead atoms. The standard InChI is InChI=1S/C22H19F2N3O2S/c1-12-3-5-13(6-4-12)11-30-22-26-21(29)19-17(10-18(28)25-20(19)27(22)2)14-7-15(23)9-16(24)8-14/h3-9,17H,10-11H2,1-2H3,(H,25,28)/t17-/m0/s1. The third-order valence-corrected chi connectivity index (χ3v) is 6.18. The fraction of sp³-hybridized carbons (Fsp3) is 0.227. The van der Waals surface area contributed by atoms with Crippen molar-refractivity contribution in [2.75, 3.05) is 5.32 Å². The van der Waals surface area contributed by atoms with Crippen LogP contribution in [0.1, 0.15) is 34.6 Å². The van der Waals surface area contributed by atoms with Gasteiger partial charge in [0.15, 0.2) is 5.16 Å². The number of benzene rings is 2. The molecule has 1 N–H and O–H groups in total. The molecule has 2 aromatic carbocycles. The molecule has 0 saturated carbocycles. The van der Waals surface area contributed by atoms with E-state index in [4.69, 9.17) is 0 Å². The van der Waals surface area contributed by atoms with Crippen LogP contribution >= 0.6 is 11.8 Å². The maximum atomic E-state index is 13.7. The minimum atomic E-state index is -0.763. The summed E-state index contributed by atoms with van der Waals surface area (Å²) in [4.78, 5) is 29.4. The van der Waals surface area contributed by atoms with Gasteiger partial charge in [0.1, 0.15) is 17.5 Å². The first kappa shape index (κ1) is 20.3. The molecule has 154 valence electrons. The summed E-state index contributed by atoms with van der Waals surface area (Å²) in [6.07, 6.45) is -0.0807. The fourth-order valence-electron chi connectivity index (χ4n) is 3.56. The van der Waals surface area contributed by atoms with Crippen LogP contribution in [0.2, 0.25) is 0 Å². The third kappa shape index (κ3) is 4.00. The van der Waals surface area contributed by atoms with E-state index in [-0.39, 0.29) is 23.5 Å². The molecule has 8 heteroatoms. The van der Waals surface area contributed by atoms with Crippen molar-refractivity contribution < 1.29 is 13.6 Å². The van der Waals surface area contributed by atoms with E-state index >= 15 is 0 Å². The lowest BCUT2D eigenvalue weighted by Crippen LogP contribution is -2.33. The zero-order chi connectivity index (χ0) is 21.4. The number of carbonyl (C=O) groups excluding carboxylic acids is 1. The second-order valence-electron chi connectivity index (χ2n) is 7.30. The lowest BCUT2D eigenvalue weighted by Gasteiger charge is -2.27. The SMILES string of the molecule is Cc1ccc(CSc2nc(=O)c3c(n2C)NC(=O)C[C@H]3c2cc(F)cc(F)c2)cc1. The van der Waals surface area contributed by atoms with Crippen LogP contribution in [0.5, 0.6) is 0 Å². The molecule has 0 spiro atoms. The number of amides is 1. The van der Waals surface area contributed by atoms with Crippen molar-refractivity contribution >= 4 is 23.5 Å². The maximum absolute atomic E-state index is 13.7. The Morgan fingerprint density at radius 2 is 1.80 bits per heavy atom. The molecule has 30 heavy (non-hydrogen) atoms. The fourth-order valence-corrected chi connectivity index (χ4v) is 4.48. The summed E-state index contributed by atoms with van der Waals surface area (Å²) in [5.41, 5.74) is 2.20. The van der Waals surface area contributed by atoms with Crippen LogP contribution in [0.25, 0.3) is 0 Å². The second kappa shape index (κ2) is 8.02. The predicted molar refractivity (Wildman–Crippen MR) is 112 cm³/mol. The molecule has 2 heterocycles. The molecular weight excluding hydrogens is 408 g/mol. The average Bonchev–Trinajstić information content (AvgIpc) is 2.69. The summed E-state index contributed by atoms with van der Waals surface area (Å²) in [6, 6.07) is 11.1. The summed E-state index contributed by atoms with van der Waals surface area (Å²) in [6.45, 7) is 2.01. The highest BCUT2D eigenvalue weighted by molar-refractivity contribution is 7.98. The summed E-state index contributed by atoms with van der Waals surface area (Å²) in [7, 11) is 1.71. The van der Waals surface area contributed by atoms with Gasteiger partial charge in [0, 0.05) is 31.2 Å². The van der Waals surface area contributed by atoms with Crippen molar-refractivity contribution in [2.24, 2.45) is 7.05 Å². The van der Waals surface area contributed by atoms with E-state index < -0.39 is 23.1 Å². The van der Waals surface area contributed by atoms with Gasteiger partial charge in [-0.1, -0.05) is 41.6 Å². The van der Waals surface area contributed by atoms with Gasteiger partial charge in [-0.25, -0.2) is 8.78 Å². The van der Waals surface area contributed by atoms with Gasteiger partial charge in [-0.15, -0.1) is 0 Å². The van der Waals surface area contributed by atoms with Gasteiger partial charge < -0.3 is 9.88 Å². The molecule has 1 atom stereocenters. The van der Waals surface area contributed by atoms with E-state index in [0.29, 0.717) is 16.7 Å². The molecule has 0 fully saturated rings. The van der Waals surface area contributed by atoms with Gasteiger partial charge >= 0.3 is 0 Å². The van der Waals surface area contributed by atoms with E-state index in [0.717, 1.165) is 29.3 Å². The van der Waals surface area contributed by atoms with Crippen LogP contribution in [0.15, 0.2) is 52.4 Å². The van der Waals surface area contributed by atoms with Crippen molar-refractivity contribution in [2.45, 2.75) is 30.2 Å². The monoisotopic (exact) mass is 427 g/mol. The smallest absolute Gasteiger partial charge is 0.279 e. The number of hydrogen-bond acceptors (Lipinski definition) is 4. The van der Waals surface area contributed by atoms with Crippen LogP contribution in [-0.2, 0) is 17.6 Å². The molecule has 0 aliphatic carbocycles. The molecule has 1 aliphatic rings. The van der Waals surface area contributed by atoms with Crippen molar-refractivity contribution in [1.82, 2.24) is 9.55 Å². The summed E-state index contributed by atoms with van der Waals surface area (Å²) < 4.78 is 29.1. The molecule has 3 aromatic rings. The number of nitrogens with zero attached hydrogens (tertiary/aromatic N) is 2. The quantitative estimate of drug-likeness (QED) is 0.502. The van der Waals surface area contributed by atoms with Crippen LogP contribution in [-0.4, -0.2) is 15.5 Å². The lowest BCUT2D eigenvalue weighted by atomic mass is 9.86. The van der Waals surface area contributed by atoms with Gasteiger partial charge in [0.2, 0.25) is 5.91 Å². The number of anilines is 1. The van der Waals surface area contributed by atoms with Crippen molar-refractivity contribution in [3.05, 3.63) is 86.7 Å². The first-order valence-corrected chi connectivity index (χ1v) is 10.4. The van der Waals surface area contributed by atoms with E-state index in [2.05, 4.69) is 10.3 Å². The molecule has 1 aromatic heterocycles. The van der Waals surface area contributed by atoms with Gasteiger partial charge in [0.05, 0.1) is 5.56 Å². The Balaban J connectivity index is 1.72. The maximum Gasteiger partial charge on any atom is 0.279 e. The van der Waals surface area contributed by atoms with E-state index in [9.17, 15) is 18.4 Å². The summed E-state index contributed by atoms with van der Waals surface area (Å²) >= 11 is 1.38. The Morgan fingerprint density at radius 3 is 2.47 bits per heavy atom. The number of hydrogen-bond donors (Lipinski definition) is 1. The van der Waals surface area contributed by atoms with Crippen LogP contribution in [0.3, 0.4) is 0 Å². The highest BCUT2D eigenvalue weighted by Gasteiger charge is 2.32. The normalized spacial score (nSPS) is 15.6. The van der Waals surface area contributed by atoms with Gasteiger partial charge in [-0.05, 0) is 30.2 Å². The molecule has 1 amide bonds. The zero-order valence-corrected chi connectivity index (χ0v) is 17.2. The molecular formula is C22H19F2N3O2S. The number of thioether (sulfide) groups is 1. The highest BCUT2D eigenvalue weighted by atomic mass is 32.2. The van der Waals surface area contributed by atoms with Gasteiger partial charge in [-0.3, -0.25) is 9.59 Å². The minimum Gasteiger partial charge on any atom is -0.312 e. The number of aromatic nitrogens is 2. The lowest BCUT2D eigenvalue weighted by molar-refractivity contribution is -0.116. The van der Waals surface area contributed by atoms with Gasteiger partial charge in [0.25, 0.3) is 5.56 Å². The Morgan fingerprint density at radius 1 is 1.13 bits per heavy atom. The highest BCUT2D eigenvalue weighted by Crippen LogP contribution is 2.36. The number of rotatable bonds is 4. The largest absolute Gasteiger partial charge is 0.312 e. The summed E-state index contributed by atoms with van der Waals surface area (Å²) in [5.74, 6) is -1.69. The second-order valence-corrected chi connectivity index (χ2v) is 8.25. The number of halogens is 2. The minimum absolute atomic E-state index is 0.0807. The Labute approximate surface area is 176 Å². The van der Waals surface area contributed by atoms with Crippen LogP contribution in [0.4, 0.5) is 14.6 Å². The Bertz CT molecular complexity index is 1170. The van der Waals surface area contributed by atoms with E-state index in [1.807, 2.05) is 31.2 Å². The first-order chi connectivity index (χ1) is 14.3. The number of nitrogens with one attached hydrogen (secondary N) is 1.